The van der Waals surface area contributed by atoms with Gasteiger partial charge in [0.05, 0.1) is 0 Å². The quantitative estimate of drug-likeness (QED) is 0.858. The lowest BCUT2D eigenvalue weighted by Gasteiger charge is -2.23. The lowest BCUT2D eigenvalue weighted by atomic mass is 10.2. The fourth-order valence-corrected chi connectivity index (χ4v) is 2.12. The molecular weight excluding hydrogens is 310 g/mol. The molecule has 126 valence electrons. The van der Waals surface area contributed by atoms with Crippen molar-refractivity contribution >= 4 is 17.7 Å². The van der Waals surface area contributed by atoms with Crippen LogP contribution in [0, 0.1) is 11.6 Å². The van der Waals surface area contributed by atoms with Crippen molar-refractivity contribution in [1.29, 1.82) is 0 Å². The van der Waals surface area contributed by atoms with Gasteiger partial charge in [-0.25, -0.2) is 13.6 Å². The Morgan fingerprint density at radius 2 is 2.04 bits per heavy atom. The number of carbonyl (C=O) groups excluding carboxylic acids is 2. The largest absolute Gasteiger partial charge is 0.488 e. The van der Waals surface area contributed by atoms with E-state index >= 15 is 0 Å². The third-order valence-electron chi connectivity index (χ3n) is 3.05. The van der Waals surface area contributed by atoms with Gasteiger partial charge in [0, 0.05) is 19.2 Å². The topological polar surface area (TPSA) is 67.9 Å². The second-order valence-electron chi connectivity index (χ2n) is 6.14. The number of hydrogen-bond acceptors (Lipinski definition) is 4. The summed E-state index contributed by atoms with van der Waals surface area (Å²) in [6.07, 6.45) is -0.801. The highest BCUT2D eigenvalue weighted by Crippen LogP contribution is 2.34. The first-order valence-corrected chi connectivity index (χ1v) is 6.97. The van der Waals surface area contributed by atoms with Crippen LogP contribution < -0.4 is 15.0 Å². The maximum absolute atomic E-state index is 13.9. The van der Waals surface area contributed by atoms with Crippen LogP contribution in [0.15, 0.2) is 12.1 Å². The van der Waals surface area contributed by atoms with Crippen molar-refractivity contribution in [2.75, 3.05) is 18.6 Å². The third kappa shape index (κ3) is 3.88. The Balaban J connectivity index is 2.21. The Morgan fingerprint density at radius 3 is 2.65 bits per heavy atom. The van der Waals surface area contributed by atoms with Crippen LogP contribution in [-0.4, -0.2) is 37.3 Å². The van der Waals surface area contributed by atoms with Gasteiger partial charge in [0.1, 0.15) is 35.5 Å². The van der Waals surface area contributed by atoms with Crippen molar-refractivity contribution in [3.05, 3.63) is 23.8 Å². The van der Waals surface area contributed by atoms with E-state index in [2.05, 4.69) is 5.32 Å². The molecule has 1 N–H and O–H groups in total. The standard InChI is InChI=1S/C15H18F2N2O4/c1-15(2,3)23-14(21)18-10-7-22-11-6-8(16)5-9(17)12(11)19(4)13(10)20/h5-6,10H,7H2,1-4H3,(H,18,21). The van der Waals surface area contributed by atoms with E-state index in [1.165, 1.54) is 7.05 Å². The first-order valence-electron chi connectivity index (χ1n) is 6.97. The number of amides is 2. The van der Waals surface area contributed by atoms with Crippen LogP contribution in [0.3, 0.4) is 0 Å². The minimum atomic E-state index is -1.08. The van der Waals surface area contributed by atoms with E-state index in [1.54, 1.807) is 20.8 Å². The molecule has 23 heavy (non-hydrogen) atoms. The maximum atomic E-state index is 13.9. The predicted octanol–water partition coefficient (Wildman–Crippen LogP) is 2.21. The van der Waals surface area contributed by atoms with Gasteiger partial charge in [0.15, 0.2) is 5.82 Å². The third-order valence-corrected chi connectivity index (χ3v) is 3.05. The molecule has 6 nitrogen and oxygen atoms in total. The van der Waals surface area contributed by atoms with Crippen LogP contribution >= 0.6 is 0 Å². The number of ether oxygens (including phenoxy) is 2. The Morgan fingerprint density at radius 1 is 1.39 bits per heavy atom. The van der Waals surface area contributed by atoms with E-state index in [0.717, 1.165) is 11.0 Å². The van der Waals surface area contributed by atoms with Crippen molar-refractivity contribution in [3.8, 4) is 5.75 Å². The number of nitrogens with one attached hydrogen (secondary N) is 1. The molecule has 2 rings (SSSR count). The number of carbonyl (C=O) groups is 2. The van der Waals surface area contributed by atoms with Crippen LogP contribution in [0.5, 0.6) is 5.75 Å². The van der Waals surface area contributed by atoms with E-state index in [0.29, 0.717) is 6.07 Å². The van der Waals surface area contributed by atoms with Crippen LogP contribution in [0.25, 0.3) is 0 Å². The van der Waals surface area contributed by atoms with Crippen molar-refractivity contribution in [1.82, 2.24) is 5.32 Å². The van der Waals surface area contributed by atoms with E-state index < -0.39 is 35.3 Å². The zero-order chi connectivity index (χ0) is 17.4. The van der Waals surface area contributed by atoms with Gasteiger partial charge >= 0.3 is 6.09 Å². The lowest BCUT2D eigenvalue weighted by Crippen LogP contribution is -2.50. The van der Waals surface area contributed by atoms with Crippen LogP contribution in [0.1, 0.15) is 20.8 Å². The van der Waals surface area contributed by atoms with Gasteiger partial charge in [-0.2, -0.15) is 0 Å². The molecule has 0 aliphatic carbocycles. The highest BCUT2D eigenvalue weighted by atomic mass is 19.1. The summed E-state index contributed by atoms with van der Waals surface area (Å²) in [6.45, 7) is 4.77. The van der Waals surface area contributed by atoms with Crippen molar-refractivity contribution in [2.24, 2.45) is 0 Å². The van der Waals surface area contributed by atoms with E-state index in [4.69, 9.17) is 9.47 Å². The number of nitrogens with zero attached hydrogens (tertiary/aromatic N) is 1. The highest BCUT2D eigenvalue weighted by Gasteiger charge is 2.33. The number of fused-ring (bicyclic) bond motifs is 1. The maximum Gasteiger partial charge on any atom is 0.408 e. The molecule has 0 saturated heterocycles. The van der Waals surface area contributed by atoms with Crippen LogP contribution in [0.2, 0.25) is 0 Å². The zero-order valence-corrected chi connectivity index (χ0v) is 13.3. The first-order chi connectivity index (χ1) is 10.6. The minimum absolute atomic E-state index is 0.105. The van der Waals surface area contributed by atoms with Gasteiger partial charge < -0.3 is 19.7 Å². The van der Waals surface area contributed by atoms with Crippen molar-refractivity contribution < 1.29 is 27.8 Å². The monoisotopic (exact) mass is 328 g/mol. The lowest BCUT2D eigenvalue weighted by molar-refractivity contribution is -0.120. The van der Waals surface area contributed by atoms with Crippen molar-refractivity contribution in [3.63, 3.8) is 0 Å². The number of halogens is 2. The molecule has 1 aliphatic heterocycles. The molecule has 1 aromatic rings. The average Bonchev–Trinajstić information content (AvgIpc) is 2.48. The summed E-state index contributed by atoms with van der Waals surface area (Å²) in [7, 11) is 1.32. The highest BCUT2D eigenvalue weighted by molar-refractivity contribution is 6.00. The molecular formula is C15H18F2N2O4. The summed E-state index contributed by atoms with van der Waals surface area (Å²) in [5.41, 5.74) is -0.909. The van der Waals surface area contributed by atoms with Gasteiger partial charge in [0.2, 0.25) is 0 Å². The summed E-state index contributed by atoms with van der Waals surface area (Å²) in [4.78, 5) is 25.1. The van der Waals surface area contributed by atoms with Gasteiger partial charge in [0.25, 0.3) is 5.91 Å². The Labute approximate surface area is 132 Å². The van der Waals surface area contributed by atoms with Gasteiger partial charge in [-0.15, -0.1) is 0 Å². The molecule has 8 heteroatoms. The summed E-state index contributed by atoms with van der Waals surface area (Å²) in [5, 5.41) is 2.37. The van der Waals surface area contributed by atoms with E-state index in [-0.39, 0.29) is 18.0 Å². The second kappa shape index (κ2) is 6.02. The smallest absolute Gasteiger partial charge is 0.408 e. The molecule has 1 unspecified atom stereocenters. The second-order valence-corrected chi connectivity index (χ2v) is 6.14. The first kappa shape index (κ1) is 17.0. The fourth-order valence-electron chi connectivity index (χ4n) is 2.12. The van der Waals surface area contributed by atoms with Gasteiger partial charge in [-0.05, 0) is 20.8 Å². The number of likely N-dealkylation sites (N-methyl/N-ethyl adjacent to an activating group) is 1. The Hall–Kier alpha value is -2.38. The number of rotatable bonds is 1. The minimum Gasteiger partial charge on any atom is -0.488 e. The summed E-state index contributed by atoms with van der Waals surface area (Å²) < 4.78 is 37.6. The van der Waals surface area contributed by atoms with E-state index in [1.807, 2.05) is 0 Å². The number of hydrogen-bond donors (Lipinski definition) is 1. The fraction of sp³-hybridized carbons (Fsp3) is 0.467. The molecule has 0 spiro atoms. The molecule has 2 amide bonds. The predicted molar refractivity (Wildman–Crippen MR) is 78.4 cm³/mol. The average molecular weight is 328 g/mol. The SMILES string of the molecule is CN1C(=O)C(NC(=O)OC(C)(C)C)COc2cc(F)cc(F)c21. The summed E-state index contributed by atoms with van der Waals surface area (Å²) in [5.74, 6) is -2.44. The van der Waals surface area contributed by atoms with E-state index in [9.17, 15) is 18.4 Å². The van der Waals surface area contributed by atoms with Gasteiger partial charge in [-0.3, -0.25) is 4.79 Å². The van der Waals surface area contributed by atoms with Crippen LogP contribution in [-0.2, 0) is 9.53 Å². The number of alkyl carbamates (subject to hydrolysis) is 1. The molecule has 1 aromatic carbocycles. The Bertz CT molecular complexity index is 643. The number of anilines is 1. The molecule has 0 bridgehead atoms. The zero-order valence-electron chi connectivity index (χ0n) is 13.3. The van der Waals surface area contributed by atoms with Gasteiger partial charge in [-0.1, -0.05) is 0 Å². The molecule has 1 heterocycles. The molecule has 0 saturated carbocycles. The summed E-state index contributed by atoms with van der Waals surface area (Å²) in [6, 6.07) is 0.566. The molecule has 0 radical (unpaired) electrons. The molecule has 0 fully saturated rings. The Kier molecular flexibility index (Phi) is 4.44. The summed E-state index contributed by atoms with van der Waals surface area (Å²) >= 11 is 0. The van der Waals surface area contributed by atoms with Crippen LogP contribution in [0.4, 0.5) is 19.3 Å². The number of benzene rings is 1. The van der Waals surface area contributed by atoms with Crippen molar-refractivity contribution in [2.45, 2.75) is 32.4 Å². The normalized spacial score (nSPS) is 17.9. The molecule has 0 aromatic heterocycles. The molecule has 1 atom stereocenters. The molecule has 1 aliphatic rings.